The van der Waals surface area contributed by atoms with Gasteiger partial charge in [0.25, 0.3) is 5.91 Å². The van der Waals surface area contributed by atoms with Gasteiger partial charge in [-0.1, -0.05) is 12.0 Å². The Morgan fingerprint density at radius 2 is 1.85 bits per heavy atom. The number of nitrogens with one attached hydrogen (secondary N) is 3. The molecule has 9 nitrogen and oxygen atoms in total. The number of hydrogen-bond acceptors (Lipinski definition) is 7. The van der Waals surface area contributed by atoms with Gasteiger partial charge in [0.1, 0.15) is 18.9 Å². The van der Waals surface area contributed by atoms with Crippen LogP contribution >= 0.6 is 0 Å². The second-order valence-electron chi connectivity index (χ2n) is 12.3. The van der Waals surface area contributed by atoms with Crippen LogP contribution in [0.1, 0.15) is 48.7 Å². The van der Waals surface area contributed by atoms with E-state index in [9.17, 15) is 18.0 Å². The van der Waals surface area contributed by atoms with E-state index in [1.807, 2.05) is 6.07 Å². The highest BCUT2D eigenvalue weighted by Crippen LogP contribution is 2.37. The van der Waals surface area contributed by atoms with Crippen molar-refractivity contribution in [2.24, 2.45) is 0 Å². The fourth-order valence-electron chi connectivity index (χ4n) is 6.47. The molecule has 0 unspecified atom stereocenters. The Labute approximate surface area is 274 Å². The lowest BCUT2D eigenvalue weighted by Gasteiger charge is -2.47. The molecule has 254 valence electrons. The molecule has 47 heavy (non-hydrogen) atoms. The van der Waals surface area contributed by atoms with Crippen molar-refractivity contribution < 1.29 is 32.2 Å². The number of hydrogen-bond donors (Lipinski definition) is 3. The number of rotatable bonds is 11. The van der Waals surface area contributed by atoms with Crippen LogP contribution in [0.2, 0.25) is 0 Å². The number of morpholine rings is 1. The highest BCUT2D eigenvalue weighted by Gasteiger charge is 2.37. The molecule has 1 aliphatic carbocycles. The summed E-state index contributed by atoms with van der Waals surface area (Å²) < 4.78 is 58.9. The van der Waals surface area contributed by atoms with Crippen molar-refractivity contribution >= 4 is 28.2 Å². The number of carbonyl (C=O) groups is 1. The number of methoxy groups -OCH3 is 1. The number of nitrogens with zero attached hydrogens (tertiary/aromatic N) is 2. The molecule has 2 heterocycles. The first-order valence-corrected chi connectivity index (χ1v) is 16.1. The molecule has 1 saturated carbocycles. The van der Waals surface area contributed by atoms with Crippen LogP contribution in [0.3, 0.4) is 0 Å². The van der Waals surface area contributed by atoms with Gasteiger partial charge in [-0.25, -0.2) is 0 Å². The summed E-state index contributed by atoms with van der Waals surface area (Å²) >= 11 is 0. The van der Waals surface area contributed by atoms with E-state index >= 15 is 0 Å². The van der Waals surface area contributed by atoms with Crippen molar-refractivity contribution in [1.29, 1.82) is 0 Å². The van der Waals surface area contributed by atoms with E-state index in [0.717, 1.165) is 57.7 Å². The molecule has 2 fully saturated rings. The Hall–Kier alpha value is -3.92. The topological polar surface area (TPSA) is 89.0 Å². The molecule has 2 aliphatic rings. The standard InChI is InChI=1S/C35H44F3N5O4/c1-34(42-16-18-46-19-17-42)13-11-26(12-14-34)41-29-7-4-8-31-28(29)23-27(43(31)24-35(36,37)38)6-5-15-40-30-10-9-25(33(44)39-2)22-32(30)47-21-20-45-3/h4,7-10,22-23,26,40-41H,11-21,24H2,1-3H3,(H,39,44). The van der Waals surface area contributed by atoms with Crippen molar-refractivity contribution in [2.45, 2.75) is 56.9 Å². The highest BCUT2D eigenvalue weighted by atomic mass is 19.4. The van der Waals surface area contributed by atoms with Gasteiger partial charge in [0, 0.05) is 55.5 Å². The normalized spacial score (nSPS) is 20.3. The van der Waals surface area contributed by atoms with Gasteiger partial charge in [-0.05, 0) is 74.9 Å². The fraction of sp³-hybridized carbons (Fsp3) is 0.514. The molecule has 0 bridgehead atoms. The first-order chi connectivity index (χ1) is 22.6. The lowest BCUT2D eigenvalue weighted by atomic mass is 9.79. The Morgan fingerprint density at radius 1 is 1.09 bits per heavy atom. The summed E-state index contributed by atoms with van der Waals surface area (Å²) in [5, 5.41) is 10.1. The third-order valence-corrected chi connectivity index (χ3v) is 9.08. The summed E-state index contributed by atoms with van der Waals surface area (Å²) in [6.45, 7) is 5.41. The monoisotopic (exact) mass is 655 g/mol. The van der Waals surface area contributed by atoms with Crippen molar-refractivity contribution in [2.75, 3.05) is 70.9 Å². The minimum absolute atomic E-state index is 0.141. The predicted molar refractivity (Wildman–Crippen MR) is 177 cm³/mol. The number of fused-ring (bicyclic) bond motifs is 1. The number of alkyl halides is 3. The summed E-state index contributed by atoms with van der Waals surface area (Å²) in [6.07, 6.45) is -0.362. The highest BCUT2D eigenvalue weighted by molar-refractivity contribution is 5.95. The lowest BCUT2D eigenvalue weighted by molar-refractivity contribution is -0.140. The van der Waals surface area contributed by atoms with Gasteiger partial charge < -0.3 is 34.7 Å². The fourth-order valence-corrected chi connectivity index (χ4v) is 6.47. The molecule has 0 atom stereocenters. The molecule has 1 saturated heterocycles. The Kier molecular flexibility index (Phi) is 11.2. The molecule has 0 radical (unpaired) electrons. The average Bonchev–Trinajstić information content (AvgIpc) is 3.41. The Bertz CT molecular complexity index is 1580. The smallest absolute Gasteiger partial charge is 0.406 e. The number of aromatic nitrogens is 1. The molecule has 3 aromatic rings. The van der Waals surface area contributed by atoms with E-state index < -0.39 is 12.7 Å². The summed E-state index contributed by atoms with van der Waals surface area (Å²) in [7, 11) is 3.11. The van der Waals surface area contributed by atoms with E-state index in [1.54, 1.807) is 50.6 Å². The van der Waals surface area contributed by atoms with Crippen LogP contribution < -0.4 is 20.7 Å². The molecule has 12 heteroatoms. The number of amides is 1. The van der Waals surface area contributed by atoms with Crippen molar-refractivity contribution in [3.05, 3.63) is 53.7 Å². The summed E-state index contributed by atoms with van der Waals surface area (Å²) in [4.78, 5) is 14.7. The molecule has 0 spiro atoms. The van der Waals surface area contributed by atoms with Crippen molar-refractivity contribution in [3.8, 4) is 17.6 Å². The maximum atomic E-state index is 13.8. The zero-order valence-electron chi connectivity index (χ0n) is 27.3. The number of benzene rings is 2. The van der Waals surface area contributed by atoms with Gasteiger partial charge in [-0.2, -0.15) is 13.2 Å². The van der Waals surface area contributed by atoms with E-state index in [2.05, 4.69) is 39.6 Å². The summed E-state index contributed by atoms with van der Waals surface area (Å²) in [6, 6.07) is 12.4. The van der Waals surface area contributed by atoms with Gasteiger partial charge in [-0.3, -0.25) is 9.69 Å². The molecular formula is C35H44F3N5O4. The number of ether oxygens (including phenoxy) is 3. The number of carbonyl (C=O) groups excluding carboxylic acids is 1. The van der Waals surface area contributed by atoms with Crippen LogP contribution in [0.25, 0.3) is 10.9 Å². The quantitative estimate of drug-likeness (QED) is 0.186. The lowest BCUT2D eigenvalue weighted by Crippen LogP contribution is -2.54. The zero-order chi connectivity index (χ0) is 33.4. The molecule has 1 aromatic heterocycles. The van der Waals surface area contributed by atoms with Gasteiger partial charge in [0.2, 0.25) is 0 Å². The molecule has 2 aromatic carbocycles. The van der Waals surface area contributed by atoms with E-state index in [-0.39, 0.29) is 36.3 Å². The van der Waals surface area contributed by atoms with Crippen LogP contribution in [-0.4, -0.2) is 93.4 Å². The first kappa shape index (κ1) is 34.4. The minimum atomic E-state index is -4.42. The van der Waals surface area contributed by atoms with Gasteiger partial charge in [0.15, 0.2) is 0 Å². The van der Waals surface area contributed by atoms with E-state index in [1.165, 1.54) is 4.57 Å². The zero-order valence-corrected chi connectivity index (χ0v) is 27.3. The maximum Gasteiger partial charge on any atom is 0.406 e. The van der Waals surface area contributed by atoms with Crippen LogP contribution in [-0.2, 0) is 16.0 Å². The summed E-state index contributed by atoms with van der Waals surface area (Å²) in [5.41, 5.74) is 2.75. The van der Waals surface area contributed by atoms with Gasteiger partial charge in [0.05, 0.1) is 43.3 Å². The molecule has 1 aliphatic heterocycles. The molecule has 3 N–H and O–H groups in total. The largest absolute Gasteiger partial charge is 0.489 e. The predicted octanol–water partition coefficient (Wildman–Crippen LogP) is 5.50. The van der Waals surface area contributed by atoms with Gasteiger partial charge >= 0.3 is 6.18 Å². The molecular weight excluding hydrogens is 611 g/mol. The van der Waals surface area contributed by atoms with Crippen LogP contribution in [0.4, 0.5) is 24.5 Å². The van der Waals surface area contributed by atoms with E-state index in [0.29, 0.717) is 34.5 Å². The maximum absolute atomic E-state index is 13.8. The Balaban J connectivity index is 1.33. The van der Waals surface area contributed by atoms with Crippen molar-refractivity contribution in [3.63, 3.8) is 0 Å². The van der Waals surface area contributed by atoms with Crippen LogP contribution in [0.15, 0.2) is 42.5 Å². The minimum Gasteiger partial charge on any atom is -0.489 e. The third kappa shape index (κ3) is 8.71. The van der Waals surface area contributed by atoms with E-state index in [4.69, 9.17) is 14.2 Å². The first-order valence-electron chi connectivity index (χ1n) is 16.1. The Morgan fingerprint density at radius 3 is 2.55 bits per heavy atom. The third-order valence-electron chi connectivity index (χ3n) is 9.08. The average molecular weight is 656 g/mol. The number of halogens is 3. The molecule has 1 amide bonds. The number of anilines is 2. The van der Waals surface area contributed by atoms with Crippen molar-refractivity contribution in [1.82, 2.24) is 14.8 Å². The van der Waals surface area contributed by atoms with Crippen LogP contribution in [0, 0.1) is 11.8 Å². The van der Waals surface area contributed by atoms with Gasteiger partial charge in [-0.15, -0.1) is 0 Å². The SMILES string of the molecule is CNC(=O)c1ccc(NCC#Cc2cc3c(NC4CCC(C)(N5CCOCC5)CC4)cccc3n2CC(F)(F)F)c(OCCOC)c1. The second kappa shape index (κ2) is 15.3. The van der Waals surface area contributed by atoms with Crippen LogP contribution in [0.5, 0.6) is 5.75 Å². The second-order valence-corrected chi connectivity index (χ2v) is 12.3. The molecule has 5 rings (SSSR count). The summed E-state index contributed by atoms with van der Waals surface area (Å²) in [5.74, 6) is 6.13.